The Morgan fingerprint density at radius 2 is 1.94 bits per heavy atom. The fraction of sp³-hybridized carbons (Fsp3) is 0.286. The maximum absolute atomic E-state index is 4.67. The zero-order valence-corrected chi connectivity index (χ0v) is 20.9. The highest BCUT2D eigenvalue weighted by molar-refractivity contribution is 5.92. The first-order valence-corrected chi connectivity index (χ1v) is 12.4. The quantitative estimate of drug-likeness (QED) is 0.388. The molecule has 1 unspecified atom stereocenters. The lowest BCUT2D eigenvalue weighted by molar-refractivity contribution is 0.482. The fourth-order valence-corrected chi connectivity index (χ4v) is 4.98. The molecule has 0 aliphatic carbocycles. The molecular weight excluding hydrogens is 448 g/mol. The Hall–Kier alpha value is -4.04. The molecule has 0 amide bonds. The maximum Gasteiger partial charge on any atom is 0.141 e. The lowest BCUT2D eigenvalue weighted by Gasteiger charge is -2.32. The van der Waals surface area contributed by atoms with Crippen LogP contribution in [0.2, 0.25) is 0 Å². The summed E-state index contributed by atoms with van der Waals surface area (Å²) in [4.78, 5) is 20.5. The van der Waals surface area contributed by atoms with E-state index in [1.165, 1.54) is 16.7 Å². The van der Waals surface area contributed by atoms with Gasteiger partial charge >= 0.3 is 0 Å². The van der Waals surface area contributed by atoms with Gasteiger partial charge in [0.1, 0.15) is 18.0 Å². The minimum absolute atomic E-state index is 0.438. The number of imidazole rings is 1. The third-order valence-electron chi connectivity index (χ3n) is 6.99. The zero-order chi connectivity index (χ0) is 24.6. The number of nitrogens with zero attached hydrogens (tertiary/aromatic N) is 6. The van der Waals surface area contributed by atoms with Crippen LogP contribution >= 0.6 is 0 Å². The minimum atomic E-state index is 0.438. The van der Waals surface area contributed by atoms with E-state index in [1.807, 2.05) is 24.1 Å². The van der Waals surface area contributed by atoms with Gasteiger partial charge in [0.2, 0.25) is 0 Å². The molecule has 36 heavy (non-hydrogen) atoms. The standard InChI is InChI=1S/C28H30N8/c1-18-10-22(6-5-21(18)11-20-4-7-26-24(12-20)33-17-35(26)3)34-28-23-13-27(30-14-25(23)31-16-32-28)36-9-8-29-19(2)15-36/h4-7,10,12-14,16-17,19,29H,8-9,11,15H2,1-3H3,(H,31,32,34). The topological polar surface area (TPSA) is 83.8 Å². The summed E-state index contributed by atoms with van der Waals surface area (Å²) in [7, 11) is 2.02. The number of anilines is 3. The van der Waals surface area contributed by atoms with E-state index in [0.717, 1.165) is 65.3 Å². The first kappa shape index (κ1) is 22.4. The highest BCUT2D eigenvalue weighted by Gasteiger charge is 2.18. The first-order chi connectivity index (χ1) is 17.5. The van der Waals surface area contributed by atoms with Crippen LogP contribution in [0.5, 0.6) is 0 Å². The summed E-state index contributed by atoms with van der Waals surface area (Å²) in [6.07, 6.45) is 6.17. The van der Waals surface area contributed by atoms with Gasteiger partial charge in [-0.15, -0.1) is 0 Å². The van der Waals surface area contributed by atoms with Gasteiger partial charge in [0.25, 0.3) is 0 Å². The van der Waals surface area contributed by atoms with E-state index in [1.54, 1.807) is 6.33 Å². The van der Waals surface area contributed by atoms with Crippen molar-refractivity contribution in [2.45, 2.75) is 26.3 Å². The molecule has 1 aliphatic heterocycles. The molecule has 0 bridgehead atoms. The van der Waals surface area contributed by atoms with Gasteiger partial charge < -0.3 is 20.1 Å². The van der Waals surface area contributed by atoms with E-state index in [-0.39, 0.29) is 0 Å². The van der Waals surface area contributed by atoms with Gasteiger partial charge in [-0.3, -0.25) is 0 Å². The van der Waals surface area contributed by atoms with Crippen molar-refractivity contribution >= 4 is 39.3 Å². The lowest BCUT2D eigenvalue weighted by Crippen LogP contribution is -2.49. The molecule has 1 atom stereocenters. The molecule has 0 spiro atoms. The first-order valence-electron chi connectivity index (χ1n) is 12.4. The van der Waals surface area contributed by atoms with E-state index in [2.05, 4.69) is 91.8 Å². The Bertz CT molecular complexity index is 1560. The van der Waals surface area contributed by atoms with Crippen LogP contribution in [0.4, 0.5) is 17.3 Å². The zero-order valence-electron chi connectivity index (χ0n) is 20.9. The molecule has 1 saturated heterocycles. The van der Waals surface area contributed by atoms with E-state index in [4.69, 9.17) is 0 Å². The second kappa shape index (κ2) is 9.20. The van der Waals surface area contributed by atoms with Crippen LogP contribution in [0.15, 0.2) is 61.3 Å². The Morgan fingerprint density at radius 1 is 1.03 bits per heavy atom. The summed E-state index contributed by atoms with van der Waals surface area (Å²) in [6, 6.07) is 15.6. The van der Waals surface area contributed by atoms with Crippen molar-refractivity contribution in [2.24, 2.45) is 7.05 Å². The SMILES string of the molecule is Cc1cc(Nc2ncnc3cnc(N4CCNC(C)C4)cc23)ccc1Cc1ccc2c(c1)ncn2C. The summed E-state index contributed by atoms with van der Waals surface area (Å²) in [5, 5.41) is 7.98. The van der Waals surface area contributed by atoms with Gasteiger partial charge in [0.15, 0.2) is 0 Å². The monoisotopic (exact) mass is 478 g/mol. The van der Waals surface area contributed by atoms with Gasteiger partial charge in [-0.05, 0) is 67.3 Å². The Kier molecular flexibility index (Phi) is 5.73. The largest absolute Gasteiger partial charge is 0.354 e. The number of hydrogen-bond donors (Lipinski definition) is 2. The van der Waals surface area contributed by atoms with Crippen molar-refractivity contribution in [3.63, 3.8) is 0 Å². The molecule has 2 aromatic carbocycles. The Labute approximate surface area is 210 Å². The van der Waals surface area contributed by atoms with Crippen molar-refractivity contribution in [1.29, 1.82) is 0 Å². The number of piperazine rings is 1. The molecule has 5 aromatic rings. The number of hydrogen-bond acceptors (Lipinski definition) is 7. The third-order valence-corrected chi connectivity index (χ3v) is 6.99. The van der Waals surface area contributed by atoms with Crippen molar-refractivity contribution in [3.8, 4) is 0 Å². The molecule has 2 N–H and O–H groups in total. The maximum atomic E-state index is 4.67. The van der Waals surface area contributed by atoms with Gasteiger partial charge in [0.05, 0.1) is 29.1 Å². The molecule has 8 heteroatoms. The van der Waals surface area contributed by atoms with E-state index in [9.17, 15) is 0 Å². The number of pyridine rings is 1. The third kappa shape index (κ3) is 4.35. The van der Waals surface area contributed by atoms with Crippen LogP contribution < -0.4 is 15.5 Å². The van der Waals surface area contributed by atoms with Gasteiger partial charge in [-0.25, -0.2) is 19.9 Å². The van der Waals surface area contributed by atoms with E-state index < -0.39 is 0 Å². The molecule has 1 fully saturated rings. The van der Waals surface area contributed by atoms with Crippen LogP contribution in [0.1, 0.15) is 23.6 Å². The number of fused-ring (bicyclic) bond motifs is 2. The van der Waals surface area contributed by atoms with Crippen molar-refractivity contribution in [2.75, 3.05) is 29.9 Å². The van der Waals surface area contributed by atoms with Crippen molar-refractivity contribution in [3.05, 3.63) is 78.0 Å². The van der Waals surface area contributed by atoms with Crippen LogP contribution in [0, 0.1) is 6.92 Å². The minimum Gasteiger partial charge on any atom is -0.354 e. The molecular formula is C28H30N8. The normalized spacial score (nSPS) is 16.1. The van der Waals surface area contributed by atoms with Crippen LogP contribution in [-0.2, 0) is 13.5 Å². The fourth-order valence-electron chi connectivity index (χ4n) is 4.98. The molecule has 0 radical (unpaired) electrons. The summed E-state index contributed by atoms with van der Waals surface area (Å²) in [5.41, 5.74) is 7.80. The van der Waals surface area contributed by atoms with Crippen molar-refractivity contribution in [1.82, 2.24) is 29.8 Å². The predicted molar refractivity (Wildman–Crippen MR) is 145 cm³/mol. The van der Waals surface area contributed by atoms with E-state index >= 15 is 0 Å². The average Bonchev–Trinajstić information content (AvgIpc) is 3.25. The summed E-state index contributed by atoms with van der Waals surface area (Å²) >= 11 is 0. The predicted octanol–water partition coefficient (Wildman–Crippen LogP) is 4.35. The number of aromatic nitrogens is 5. The summed E-state index contributed by atoms with van der Waals surface area (Å²) < 4.78 is 2.05. The molecule has 8 nitrogen and oxygen atoms in total. The number of rotatable bonds is 5. The number of benzene rings is 2. The van der Waals surface area contributed by atoms with Crippen LogP contribution in [0.25, 0.3) is 21.9 Å². The smallest absolute Gasteiger partial charge is 0.141 e. The van der Waals surface area contributed by atoms with Gasteiger partial charge in [-0.2, -0.15) is 0 Å². The Balaban J connectivity index is 1.25. The number of nitrogens with one attached hydrogen (secondary N) is 2. The Morgan fingerprint density at radius 3 is 2.81 bits per heavy atom. The second-order valence-electron chi connectivity index (χ2n) is 9.70. The molecule has 0 saturated carbocycles. The van der Waals surface area contributed by atoms with Crippen LogP contribution in [-0.4, -0.2) is 50.2 Å². The van der Waals surface area contributed by atoms with Crippen molar-refractivity contribution < 1.29 is 0 Å². The van der Waals surface area contributed by atoms with Crippen LogP contribution in [0.3, 0.4) is 0 Å². The van der Waals surface area contributed by atoms with Gasteiger partial charge in [0, 0.05) is 43.8 Å². The molecule has 3 aromatic heterocycles. The molecule has 6 rings (SSSR count). The highest BCUT2D eigenvalue weighted by Crippen LogP contribution is 2.28. The summed E-state index contributed by atoms with van der Waals surface area (Å²) in [5.74, 6) is 1.75. The molecule has 182 valence electrons. The molecule has 4 heterocycles. The second-order valence-corrected chi connectivity index (χ2v) is 9.70. The average molecular weight is 479 g/mol. The number of aryl methyl sites for hydroxylation is 2. The highest BCUT2D eigenvalue weighted by atomic mass is 15.2. The van der Waals surface area contributed by atoms with Gasteiger partial charge in [-0.1, -0.05) is 12.1 Å². The molecule has 1 aliphatic rings. The summed E-state index contributed by atoms with van der Waals surface area (Å²) in [6.45, 7) is 7.19. The van der Waals surface area contributed by atoms with E-state index in [0.29, 0.717) is 6.04 Å². The lowest BCUT2D eigenvalue weighted by atomic mass is 9.99.